The van der Waals surface area contributed by atoms with Crippen LogP contribution in [0.5, 0.6) is 0 Å². The predicted octanol–water partition coefficient (Wildman–Crippen LogP) is 5.57. The SMILES string of the molecule is CCCCC[C@@H]1O[C@@H]1C[C@H]1O[C@H]1CCCCCCCCCC(=O)OCC. The zero-order chi connectivity index (χ0) is 18.6. The predicted molar refractivity (Wildman–Crippen MR) is 104 cm³/mol. The van der Waals surface area contributed by atoms with E-state index in [0.29, 0.717) is 37.4 Å². The van der Waals surface area contributed by atoms with Crippen molar-refractivity contribution in [3.8, 4) is 0 Å². The van der Waals surface area contributed by atoms with Crippen molar-refractivity contribution in [1.29, 1.82) is 0 Å². The summed E-state index contributed by atoms with van der Waals surface area (Å²) >= 11 is 0. The number of carbonyl (C=O) groups excluding carboxylic acids is 1. The van der Waals surface area contributed by atoms with Crippen molar-refractivity contribution in [3.63, 3.8) is 0 Å². The number of esters is 1. The van der Waals surface area contributed by atoms with Gasteiger partial charge in [0, 0.05) is 12.8 Å². The van der Waals surface area contributed by atoms with Crippen LogP contribution in [0.4, 0.5) is 0 Å². The fourth-order valence-electron chi connectivity index (χ4n) is 3.84. The number of unbranched alkanes of at least 4 members (excludes halogenated alkanes) is 8. The van der Waals surface area contributed by atoms with E-state index in [4.69, 9.17) is 14.2 Å². The molecule has 4 atom stereocenters. The molecule has 2 aliphatic rings. The van der Waals surface area contributed by atoms with E-state index in [0.717, 1.165) is 19.3 Å². The molecule has 0 aromatic carbocycles. The van der Waals surface area contributed by atoms with Crippen LogP contribution in [0.3, 0.4) is 0 Å². The summed E-state index contributed by atoms with van der Waals surface area (Å²) in [5.41, 5.74) is 0. The van der Waals surface area contributed by atoms with Crippen LogP contribution in [0.2, 0.25) is 0 Å². The highest BCUT2D eigenvalue weighted by atomic mass is 16.6. The average Bonchev–Trinajstić information content (AvgIpc) is 3.53. The van der Waals surface area contributed by atoms with E-state index in [1.807, 2.05) is 6.92 Å². The molecule has 0 aromatic rings. The molecule has 2 fully saturated rings. The molecule has 2 heterocycles. The first-order valence-electron chi connectivity index (χ1n) is 11.2. The number of hydrogen-bond donors (Lipinski definition) is 0. The van der Waals surface area contributed by atoms with Crippen molar-refractivity contribution in [3.05, 3.63) is 0 Å². The number of carbonyl (C=O) groups is 1. The summed E-state index contributed by atoms with van der Waals surface area (Å²) < 4.78 is 16.5. The van der Waals surface area contributed by atoms with E-state index in [2.05, 4.69) is 6.92 Å². The molecule has 0 spiro atoms. The molecule has 0 bridgehead atoms. The monoisotopic (exact) mass is 368 g/mol. The molecule has 2 saturated heterocycles. The Kier molecular flexibility index (Phi) is 10.6. The molecule has 0 aromatic heterocycles. The smallest absolute Gasteiger partial charge is 0.305 e. The summed E-state index contributed by atoms with van der Waals surface area (Å²) in [5, 5.41) is 0. The zero-order valence-corrected chi connectivity index (χ0v) is 17.0. The van der Waals surface area contributed by atoms with Gasteiger partial charge in [0.15, 0.2) is 0 Å². The van der Waals surface area contributed by atoms with Crippen LogP contribution in [-0.2, 0) is 19.0 Å². The number of hydrogen-bond acceptors (Lipinski definition) is 4. The van der Waals surface area contributed by atoms with Crippen molar-refractivity contribution < 1.29 is 19.0 Å². The molecule has 0 amide bonds. The Bertz CT molecular complexity index is 384. The normalized spacial score (nSPS) is 26.7. The highest BCUT2D eigenvalue weighted by Gasteiger charge is 2.47. The third-order valence-electron chi connectivity index (χ3n) is 5.61. The summed E-state index contributed by atoms with van der Waals surface area (Å²) in [4.78, 5) is 11.2. The summed E-state index contributed by atoms with van der Waals surface area (Å²) in [6.07, 6.45) is 18.7. The van der Waals surface area contributed by atoms with Gasteiger partial charge < -0.3 is 14.2 Å². The van der Waals surface area contributed by atoms with E-state index in [1.54, 1.807) is 0 Å². The van der Waals surface area contributed by atoms with Gasteiger partial charge in [-0.25, -0.2) is 0 Å². The van der Waals surface area contributed by atoms with Crippen LogP contribution in [-0.4, -0.2) is 37.0 Å². The van der Waals surface area contributed by atoms with Crippen molar-refractivity contribution in [2.75, 3.05) is 6.61 Å². The number of ether oxygens (including phenoxy) is 3. The van der Waals surface area contributed by atoms with Gasteiger partial charge in [-0.3, -0.25) is 4.79 Å². The van der Waals surface area contributed by atoms with Gasteiger partial charge in [-0.2, -0.15) is 0 Å². The first-order chi connectivity index (χ1) is 12.7. The number of rotatable bonds is 17. The lowest BCUT2D eigenvalue weighted by molar-refractivity contribution is -0.143. The molecule has 0 unspecified atom stereocenters. The maximum absolute atomic E-state index is 11.2. The largest absolute Gasteiger partial charge is 0.466 e. The fourth-order valence-corrected chi connectivity index (χ4v) is 3.84. The van der Waals surface area contributed by atoms with Gasteiger partial charge in [-0.15, -0.1) is 0 Å². The average molecular weight is 369 g/mol. The molecule has 2 rings (SSSR count). The Morgan fingerprint density at radius 1 is 0.731 bits per heavy atom. The Balaban J connectivity index is 1.31. The van der Waals surface area contributed by atoms with Gasteiger partial charge in [-0.1, -0.05) is 64.7 Å². The molecule has 152 valence electrons. The minimum absolute atomic E-state index is 0.0460. The van der Waals surface area contributed by atoms with Gasteiger partial charge in [0.1, 0.15) is 0 Å². The van der Waals surface area contributed by atoms with Crippen molar-refractivity contribution in [1.82, 2.24) is 0 Å². The Morgan fingerprint density at radius 2 is 1.27 bits per heavy atom. The van der Waals surface area contributed by atoms with Crippen molar-refractivity contribution >= 4 is 5.97 Å². The molecule has 2 aliphatic heterocycles. The van der Waals surface area contributed by atoms with Crippen molar-refractivity contribution in [2.24, 2.45) is 0 Å². The van der Waals surface area contributed by atoms with Crippen LogP contribution in [0.25, 0.3) is 0 Å². The second-order valence-corrected chi connectivity index (χ2v) is 7.98. The molecule has 4 heteroatoms. The first kappa shape index (κ1) is 21.7. The quantitative estimate of drug-likeness (QED) is 0.191. The van der Waals surface area contributed by atoms with Crippen LogP contribution >= 0.6 is 0 Å². The fraction of sp³-hybridized carbons (Fsp3) is 0.955. The topological polar surface area (TPSA) is 51.4 Å². The number of epoxide rings is 2. The third kappa shape index (κ3) is 9.36. The molecule has 0 saturated carbocycles. The highest BCUT2D eigenvalue weighted by molar-refractivity contribution is 5.69. The summed E-state index contributed by atoms with van der Waals surface area (Å²) in [6.45, 7) is 4.61. The second-order valence-electron chi connectivity index (χ2n) is 7.98. The molecule has 4 nitrogen and oxygen atoms in total. The standard InChI is InChI=1S/C22H40O4/c1-3-5-11-14-18-20(25-18)17-21-19(26-21)15-12-9-7-6-8-10-13-16-22(23)24-4-2/h18-21H,3-17H2,1-2H3/t18-,19-,20+,21+/m0/s1. The first-order valence-corrected chi connectivity index (χ1v) is 11.2. The Morgan fingerprint density at radius 3 is 1.85 bits per heavy atom. The maximum Gasteiger partial charge on any atom is 0.305 e. The molecule has 0 aliphatic carbocycles. The van der Waals surface area contributed by atoms with Crippen molar-refractivity contribution in [2.45, 2.75) is 128 Å². The van der Waals surface area contributed by atoms with Crippen LogP contribution < -0.4 is 0 Å². The van der Waals surface area contributed by atoms with Gasteiger partial charge in [0.2, 0.25) is 0 Å². The highest BCUT2D eigenvalue weighted by Crippen LogP contribution is 2.39. The maximum atomic E-state index is 11.2. The zero-order valence-electron chi connectivity index (χ0n) is 17.0. The van der Waals surface area contributed by atoms with Crippen LogP contribution in [0, 0.1) is 0 Å². The summed E-state index contributed by atoms with van der Waals surface area (Å²) in [6, 6.07) is 0. The molecule has 26 heavy (non-hydrogen) atoms. The lowest BCUT2D eigenvalue weighted by Gasteiger charge is -2.02. The minimum atomic E-state index is -0.0460. The lowest BCUT2D eigenvalue weighted by atomic mass is 10.0. The van der Waals surface area contributed by atoms with Crippen LogP contribution in [0.1, 0.15) is 104 Å². The van der Waals surface area contributed by atoms with E-state index in [-0.39, 0.29) is 5.97 Å². The minimum Gasteiger partial charge on any atom is -0.466 e. The van der Waals surface area contributed by atoms with Gasteiger partial charge in [-0.05, 0) is 26.2 Å². The molecular formula is C22H40O4. The van der Waals surface area contributed by atoms with Gasteiger partial charge >= 0.3 is 5.97 Å². The molecule has 0 N–H and O–H groups in total. The van der Waals surface area contributed by atoms with Crippen LogP contribution in [0.15, 0.2) is 0 Å². The third-order valence-corrected chi connectivity index (χ3v) is 5.61. The molecule has 0 radical (unpaired) electrons. The summed E-state index contributed by atoms with van der Waals surface area (Å²) in [7, 11) is 0. The lowest BCUT2D eigenvalue weighted by Crippen LogP contribution is -2.03. The van der Waals surface area contributed by atoms with E-state index in [1.165, 1.54) is 64.2 Å². The second kappa shape index (κ2) is 12.7. The molecular weight excluding hydrogens is 328 g/mol. The van der Waals surface area contributed by atoms with Gasteiger partial charge in [0.25, 0.3) is 0 Å². The van der Waals surface area contributed by atoms with E-state index < -0.39 is 0 Å². The van der Waals surface area contributed by atoms with E-state index >= 15 is 0 Å². The Hall–Kier alpha value is -0.610. The Labute approximate surface area is 160 Å². The van der Waals surface area contributed by atoms with E-state index in [9.17, 15) is 4.79 Å². The summed E-state index contributed by atoms with van der Waals surface area (Å²) in [5.74, 6) is -0.0460. The van der Waals surface area contributed by atoms with Gasteiger partial charge in [0.05, 0.1) is 31.0 Å².